The lowest BCUT2D eigenvalue weighted by Crippen LogP contribution is -2.34. The van der Waals surface area contributed by atoms with Gasteiger partial charge >= 0.3 is 5.69 Å². The van der Waals surface area contributed by atoms with Crippen molar-refractivity contribution in [2.75, 3.05) is 5.32 Å². The summed E-state index contributed by atoms with van der Waals surface area (Å²) in [5.74, 6) is -0.220. The van der Waals surface area contributed by atoms with Crippen LogP contribution in [-0.2, 0) is 6.54 Å². The summed E-state index contributed by atoms with van der Waals surface area (Å²) in [6, 6.07) is 17.7. The van der Waals surface area contributed by atoms with Gasteiger partial charge in [-0.2, -0.15) is 0 Å². The minimum atomic E-state index is -0.447. The van der Waals surface area contributed by atoms with Gasteiger partial charge in [0, 0.05) is 11.3 Å². The number of carbonyl (C=O) groups excluding carboxylic acids is 1. The Morgan fingerprint density at radius 3 is 2.48 bits per heavy atom. The van der Waals surface area contributed by atoms with Crippen LogP contribution < -0.4 is 16.6 Å². The Labute approximate surface area is 157 Å². The molecular formula is C20H15N3O3S. The van der Waals surface area contributed by atoms with Crippen molar-refractivity contribution in [3.8, 4) is 0 Å². The summed E-state index contributed by atoms with van der Waals surface area (Å²) in [5.41, 5.74) is 1.77. The lowest BCUT2D eigenvalue weighted by atomic mass is 10.1. The molecule has 0 radical (unpaired) electrons. The van der Waals surface area contributed by atoms with Crippen LogP contribution in [0.15, 0.2) is 75.6 Å². The number of anilines is 1. The normalized spacial score (nSPS) is 10.8. The fourth-order valence-electron chi connectivity index (χ4n) is 2.78. The van der Waals surface area contributed by atoms with Crippen molar-refractivity contribution in [3.05, 3.63) is 98.0 Å². The van der Waals surface area contributed by atoms with E-state index in [1.54, 1.807) is 35.7 Å². The van der Waals surface area contributed by atoms with Gasteiger partial charge in [-0.1, -0.05) is 30.3 Å². The number of carbonyl (C=O) groups is 1. The van der Waals surface area contributed by atoms with E-state index in [9.17, 15) is 14.4 Å². The highest BCUT2D eigenvalue weighted by Crippen LogP contribution is 2.13. The lowest BCUT2D eigenvalue weighted by Gasteiger charge is -2.07. The SMILES string of the molecule is O=C(Nc1ccccc1)c1ccc(Cn2c(=O)[nH]c3ccsc3c2=O)cc1. The van der Waals surface area contributed by atoms with Gasteiger partial charge < -0.3 is 10.3 Å². The number of benzene rings is 2. The third-order valence-corrected chi connectivity index (χ3v) is 5.08. The first kappa shape index (κ1) is 17.0. The number of H-pyrrole nitrogens is 1. The summed E-state index contributed by atoms with van der Waals surface area (Å²) in [4.78, 5) is 39.7. The van der Waals surface area contributed by atoms with E-state index in [-0.39, 0.29) is 18.0 Å². The van der Waals surface area contributed by atoms with Crippen molar-refractivity contribution in [1.82, 2.24) is 9.55 Å². The van der Waals surface area contributed by atoms with Gasteiger partial charge in [-0.05, 0) is 41.3 Å². The molecule has 0 unspecified atom stereocenters. The Hall–Kier alpha value is -3.45. The number of aromatic nitrogens is 2. The first-order valence-corrected chi connectivity index (χ1v) is 9.15. The van der Waals surface area contributed by atoms with Crippen molar-refractivity contribution in [3.63, 3.8) is 0 Å². The van der Waals surface area contributed by atoms with E-state index in [0.29, 0.717) is 21.5 Å². The van der Waals surface area contributed by atoms with E-state index >= 15 is 0 Å². The van der Waals surface area contributed by atoms with Crippen LogP contribution in [0.5, 0.6) is 0 Å². The maximum atomic E-state index is 12.5. The number of hydrogen-bond donors (Lipinski definition) is 2. The summed E-state index contributed by atoms with van der Waals surface area (Å²) in [6.45, 7) is 0.141. The number of nitrogens with zero attached hydrogens (tertiary/aromatic N) is 1. The van der Waals surface area contributed by atoms with Crippen LogP contribution in [0.1, 0.15) is 15.9 Å². The molecule has 2 N–H and O–H groups in total. The molecule has 0 aliphatic carbocycles. The highest BCUT2D eigenvalue weighted by atomic mass is 32.1. The van der Waals surface area contributed by atoms with Crippen molar-refractivity contribution in [2.24, 2.45) is 0 Å². The predicted octanol–water partition coefficient (Wildman–Crippen LogP) is 3.05. The monoisotopic (exact) mass is 377 g/mol. The van der Waals surface area contributed by atoms with E-state index in [2.05, 4.69) is 10.3 Å². The Morgan fingerprint density at radius 1 is 1.00 bits per heavy atom. The molecule has 0 fully saturated rings. The van der Waals surface area contributed by atoms with Crippen molar-refractivity contribution in [2.45, 2.75) is 6.54 Å². The first-order valence-electron chi connectivity index (χ1n) is 8.27. The number of aromatic amines is 1. The minimum absolute atomic E-state index is 0.141. The van der Waals surface area contributed by atoms with Crippen LogP contribution in [0.2, 0.25) is 0 Å². The molecule has 0 saturated carbocycles. The topological polar surface area (TPSA) is 84.0 Å². The zero-order valence-corrected chi connectivity index (χ0v) is 15.0. The fraction of sp³-hybridized carbons (Fsp3) is 0.0500. The molecule has 2 aromatic heterocycles. The van der Waals surface area contributed by atoms with Gasteiger partial charge in [-0.3, -0.25) is 14.2 Å². The van der Waals surface area contributed by atoms with E-state index < -0.39 is 5.69 Å². The summed E-state index contributed by atoms with van der Waals surface area (Å²) < 4.78 is 1.69. The summed E-state index contributed by atoms with van der Waals surface area (Å²) in [7, 11) is 0. The van der Waals surface area contributed by atoms with Crippen LogP contribution in [0.3, 0.4) is 0 Å². The van der Waals surface area contributed by atoms with Crippen molar-refractivity contribution < 1.29 is 4.79 Å². The molecule has 0 atom stereocenters. The molecule has 1 amide bonds. The summed E-state index contributed by atoms with van der Waals surface area (Å²) in [5, 5.41) is 4.59. The van der Waals surface area contributed by atoms with Gasteiger partial charge in [0.15, 0.2) is 0 Å². The third kappa shape index (κ3) is 3.45. The Morgan fingerprint density at radius 2 is 1.74 bits per heavy atom. The van der Waals surface area contributed by atoms with Gasteiger partial charge in [-0.15, -0.1) is 11.3 Å². The van der Waals surface area contributed by atoms with Crippen LogP contribution >= 0.6 is 11.3 Å². The number of hydrogen-bond acceptors (Lipinski definition) is 4. The average Bonchev–Trinajstić information content (AvgIpc) is 3.15. The number of rotatable bonds is 4. The Bertz CT molecular complexity index is 1220. The van der Waals surface area contributed by atoms with Crippen LogP contribution in [0, 0.1) is 0 Å². The maximum absolute atomic E-state index is 12.5. The zero-order valence-electron chi connectivity index (χ0n) is 14.1. The molecule has 0 aliphatic heterocycles. The highest BCUT2D eigenvalue weighted by molar-refractivity contribution is 7.17. The smallest absolute Gasteiger partial charge is 0.322 e. The van der Waals surface area contributed by atoms with E-state index in [4.69, 9.17) is 0 Å². The van der Waals surface area contributed by atoms with Crippen molar-refractivity contribution >= 4 is 33.1 Å². The number of nitrogens with one attached hydrogen (secondary N) is 2. The van der Waals surface area contributed by atoms with Crippen LogP contribution in [-0.4, -0.2) is 15.5 Å². The van der Waals surface area contributed by atoms with Gasteiger partial charge in [0.25, 0.3) is 11.5 Å². The molecule has 4 rings (SSSR count). The number of para-hydroxylation sites is 1. The van der Waals surface area contributed by atoms with E-state index in [0.717, 1.165) is 10.1 Å². The van der Waals surface area contributed by atoms with Crippen molar-refractivity contribution in [1.29, 1.82) is 0 Å². The zero-order chi connectivity index (χ0) is 18.8. The van der Waals surface area contributed by atoms with Crippen LogP contribution in [0.25, 0.3) is 10.2 Å². The molecule has 0 aliphatic rings. The van der Waals surface area contributed by atoms with E-state index in [1.807, 2.05) is 30.3 Å². The molecule has 27 heavy (non-hydrogen) atoms. The predicted molar refractivity (Wildman–Crippen MR) is 107 cm³/mol. The molecule has 4 aromatic rings. The first-order chi connectivity index (χ1) is 13.1. The van der Waals surface area contributed by atoms with E-state index in [1.165, 1.54) is 11.3 Å². The second kappa shape index (κ2) is 7.05. The number of amides is 1. The Kier molecular flexibility index (Phi) is 4.43. The van der Waals surface area contributed by atoms with Gasteiger partial charge in [0.2, 0.25) is 0 Å². The fourth-order valence-corrected chi connectivity index (χ4v) is 3.58. The molecule has 6 nitrogen and oxygen atoms in total. The Balaban J connectivity index is 1.56. The molecule has 7 heteroatoms. The van der Waals surface area contributed by atoms with Gasteiger partial charge in [0.05, 0.1) is 12.1 Å². The largest absolute Gasteiger partial charge is 0.329 e. The maximum Gasteiger partial charge on any atom is 0.329 e. The summed E-state index contributed by atoms with van der Waals surface area (Å²) >= 11 is 1.30. The van der Waals surface area contributed by atoms with Crippen LogP contribution in [0.4, 0.5) is 5.69 Å². The lowest BCUT2D eigenvalue weighted by molar-refractivity contribution is 0.102. The minimum Gasteiger partial charge on any atom is -0.322 e. The molecule has 0 bridgehead atoms. The highest BCUT2D eigenvalue weighted by Gasteiger charge is 2.10. The second-order valence-corrected chi connectivity index (χ2v) is 6.92. The molecule has 2 heterocycles. The molecular weight excluding hydrogens is 362 g/mol. The average molecular weight is 377 g/mol. The molecule has 134 valence electrons. The van der Waals surface area contributed by atoms with Gasteiger partial charge in [0.1, 0.15) is 4.70 Å². The number of thiophene rings is 1. The quantitative estimate of drug-likeness (QED) is 0.573. The van der Waals surface area contributed by atoms with Gasteiger partial charge in [-0.25, -0.2) is 4.79 Å². The molecule has 0 spiro atoms. The molecule has 0 saturated heterocycles. The standard InChI is InChI=1S/C20H15N3O3S/c24-18(21-15-4-2-1-3-5-15)14-8-6-13(7-9-14)12-23-19(25)17-16(10-11-27-17)22-20(23)26/h1-11H,12H2,(H,21,24)(H,22,26). The molecule has 2 aromatic carbocycles. The third-order valence-electron chi connectivity index (χ3n) is 4.18. The summed E-state index contributed by atoms with van der Waals surface area (Å²) in [6.07, 6.45) is 0. The number of fused-ring (bicyclic) bond motifs is 1. The second-order valence-electron chi connectivity index (χ2n) is 6.00.